The van der Waals surface area contributed by atoms with Gasteiger partial charge in [0.05, 0.1) is 5.69 Å². The fraction of sp³-hybridized carbons (Fsp3) is 0.194. The van der Waals surface area contributed by atoms with Gasteiger partial charge in [-0.1, -0.05) is 48.5 Å². The number of fused-ring (bicyclic) bond motifs is 1. The zero-order chi connectivity index (χ0) is 24.4. The molecule has 0 radical (unpaired) electrons. The van der Waals surface area contributed by atoms with Gasteiger partial charge in [-0.25, -0.2) is 0 Å². The molecular weight excluding hydrogens is 442 g/mol. The van der Waals surface area contributed by atoms with Crippen molar-refractivity contribution >= 4 is 28.0 Å². The second-order valence-electron chi connectivity index (χ2n) is 9.04. The summed E-state index contributed by atoms with van der Waals surface area (Å²) in [5.74, 6) is 0. The van der Waals surface area contributed by atoms with E-state index in [1.807, 2.05) is 12.3 Å². The zero-order valence-corrected chi connectivity index (χ0v) is 20.5. The lowest BCUT2D eigenvalue weighted by molar-refractivity contribution is 0.641. The van der Waals surface area contributed by atoms with E-state index in [0.29, 0.717) is 0 Å². The number of rotatable bonds is 12. The van der Waals surface area contributed by atoms with Gasteiger partial charge < -0.3 is 20.9 Å². The fourth-order valence-corrected chi connectivity index (χ4v) is 4.45. The molecule has 0 bridgehead atoms. The van der Waals surface area contributed by atoms with Gasteiger partial charge in [-0.15, -0.1) is 0 Å². The van der Waals surface area contributed by atoms with E-state index in [9.17, 15) is 0 Å². The maximum atomic E-state index is 4.51. The van der Waals surface area contributed by atoms with E-state index < -0.39 is 0 Å². The van der Waals surface area contributed by atoms with Crippen molar-refractivity contribution < 1.29 is 0 Å². The minimum Gasteiger partial charge on any atom is -0.385 e. The Bertz CT molecular complexity index is 1360. The smallest absolute Gasteiger partial charge is 0.0562 e. The van der Waals surface area contributed by atoms with E-state index in [2.05, 4.69) is 117 Å². The van der Waals surface area contributed by atoms with Gasteiger partial charge in [-0.2, -0.15) is 0 Å². The highest BCUT2D eigenvalue weighted by atomic mass is 14.9. The molecule has 2 aromatic heterocycles. The molecule has 0 aliphatic carbocycles. The van der Waals surface area contributed by atoms with Crippen molar-refractivity contribution in [3.8, 4) is 0 Å². The van der Waals surface area contributed by atoms with Gasteiger partial charge in [0.1, 0.15) is 0 Å². The molecule has 182 valence electrons. The average molecular weight is 476 g/mol. The lowest BCUT2D eigenvalue weighted by Crippen LogP contribution is -2.16. The van der Waals surface area contributed by atoms with Gasteiger partial charge in [0.25, 0.3) is 0 Å². The number of hydrogen-bond donors (Lipinski definition) is 4. The Hall–Kier alpha value is -4.09. The Labute approximate surface area is 213 Å². The Balaban J connectivity index is 1.06. The molecule has 36 heavy (non-hydrogen) atoms. The molecule has 0 amide bonds. The lowest BCUT2D eigenvalue weighted by Gasteiger charge is -2.11. The summed E-state index contributed by atoms with van der Waals surface area (Å²) in [4.78, 5) is 7.86. The third-order valence-electron chi connectivity index (χ3n) is 6.36. The van der Waals surface area contributed by atoms with Crippen molar-refractivity contribution in [2.45, 2.75) is 25.8 Å². The maximum Gasteiger partial charge on any atom is 0.0562 e. The van der Waals surface area contributed by atoms with Crippen LogP contribution in [-0.2, 0) is 19.4 Å². The normalized spacial score (nSPS) is 11.0. The molecule has 0 spiro atoms. The Morgan fingerprint density at radius 3 is 2.42 bits per heavy atom. The van der Waals surface area contributed by atoms with Crippen LogP contribution in [0, 0.1) is 0 Å². The Kier molecular flexibility index (Phi) is 7.91. The molecule has 5 heteroatoms. The molecule has 0 aliphatic rings. The number of pyridine rings is 1. The number of aromatic amines is 1. The predicted molar refractivity (Wildman–Crippen MR) is 151 cm³/mol. The summed E-state index contributed by atoms with van der Waals surface area (Å²) in [6.45, 7) is 2.63. The van der Waals surface area contributed by atoms with Gasteiger partial charge in [-0.3, -0.25) is 4.98 Å². The minimum atomic E-state index is 0.767. The Morgan fingerprint density at radius 1 is 0.722 bits per heavy atom. The van der Waals surface area contributed by atoms with Crippen LogP contribution in [0.2, 0.25) is 0 Å². The number of hydrogen-bond acceptors (Lipinski definition) is 4. The highest BCUT2D eigenvalue weighted by molar-refractivity contribution is 5.83. The van der Waals surface area contributed by atoms with Gasteiger partial charge in [0, 0.05) is 53.4 Å². The minimum absolute atomic E-state index is 0.767. The second-order valence-corrected chi connectivity index (χ2v) is 9.04. The molecule has 0 saturated heterocycles. The highest BCUT2D eigenvalue weighted by Crippen LogP contribution is 2.21. The van der Waals surface area contributed by atoms with Crippen molar-refractivity contribution in [2.75, 3.05) is 23.7 Å². The molecule has 5 nitrogen and oxygen atoms in total. The van der Waals surface area contributed by atoms with Crippen molar-refractivity contribution in [3.63, 3.8) is 0 Å². The van der Waals surface area contributed by atoms with Crippen LogP contribution in [0.3, 0.4) is 0 Å². The number of nitrogens with zero attached hydrogens (tertiary/aromatic N) is 1. The molecule has 0 atom stereocenters. The van der Waals surface area contributed by atoms with Crippen LogP contribution in [0.15, 0.2) is 103 Å². The lowest BCUT2D eigenvalue weighted by atomic mass is 10.1. The molecule has 5 aromatic rings. The van der Waals surface area contributed by atoms with E-state index in [1.165, 1.54) is 22.0 Å². The summed E-state index contributed by atoms with van der Waals surface area (Å²) in [6, 6.07) is 31.6. The monoisotopic (exact) mass is 475 g/mol. The van der Waals surface area contributed by atoms with Crippen molar-refractivity contribution in [1.29, 1.82) is 0 Å². The molecule has 0 unspecified atom stereocenters. The molecular formula is C31H33N5. The van der Waals surface area contributed by atoms with E-state index in [1.54, 1.807) is 0 Å². The van der Waals surface area contributed by atoms with Crippen molar-refractivity contribution in [2.24, 2.45) is 0 Å². The number of benzene rings is 3. The molecule has 3 aromatic carbocycles. The van der Waals surface area contributed by atoms with Crippen LogP contribution in [0.1, 0.15) is 23.2 Å². The second kappa shape index (κ2) is 12.0. The first kappa shape index (κ1) is 23.6. The quantitative estimate of drug-likeness (QED) is 0.152. The van der Waals surface area contributed by atoms with Crippen LogP contribution in [-0.4, -0.2) is 23.1 Å². The maximum absolute atomic E-state index is 4.51. The van der Waals surface area contributed by atoms with Crippen LogP contribution < -0.4 is 16.0 Å². The molecule has 0 fully saturated rings. The van der Waals surface area contributed by atoms with Crippen LogP contribution in [0.5, 0.6) is 0 Å². The molecule has 0 aliphatic heterocycles. The first-order valence-electron chi connectivity index (χ1n) is 12.7. The van der Waals surface area contributed by atoms with E-state index in [0.717, 1.165) is 61.7 Å². The number of H-pyrrole nitrogens is 1. The summed E-state index contributed by atoms with van der Waals surface area (Å²) < 4.78 is 0. The molecule has 4 N–H and O–H groups in total. The topological polar surface area (TPSA) is 64.8 Å². The van der Waals surface area contributed by atoms with E-state index in [-0.39, 0.29) is 0 Å². The number of aryl methyl sites for hydroxylation is 1. The first-order valence-corrected chi connectivity index (χ1v) is 12.7. The van der Waals surface area contributed by atoms with E-state index >= 15 is 0 Å². The summed E-state index contributed by atoms with van der Waals surface area (Å²) in [5.41, 5.74) is 8.19. The zero-order valence-electron chi connectivity index (χ0n) is 20.5. The third kappa shape index (κ3) is 6.52. The Morgan fingerprint density at radius 2 is 1.53 bits per heavy atom. The van der Waals surface area contributed by atoms with Crippen LogP contribution in [0.25, 0.3) is 10.9 Å². The van der Waals surface area contributed by atoms with Crippen molar-refractivity contribution in [3.05, 3.63) is 120 Å². The van der Waals surface area contributed by atoms with Gasteiger partial charge >= 0.3 is 0 Å². The number of nitrogens with one attached hydrogen (secondary N) is 4. The summed E-state index contributed by atoms with van der Waals surface area (Å²) in [7, 11) is 0. The summed E-state index contributed by atoms with van der Waals surface area (Å²) in [5, 5.41) is 11.8. The van der Waals surface area contributed by atoms with Crippen molar-refractivity contribution in [1.82, 2.24) is 15.3 Å². The van der Waals surface area contributed by atoms with Crippen LogP contribution in [0.4, 0.5) is 17.1 Å². The molecule has 5 rings (SSSR count). The summed E-state index contributed by atoms with van der Waals surface area (Å²) in [6.07, 6.45) is 7.16. The van der Waals surface area contributed by atoms with E-state index in [4.69, 9.17) is 0 Å². The highest BCUT2D eigenvalue weighted by Gasteiger charge is 2.03. The number of para-hydroxylation sites is 1. The first-order chi connectivity index (χ1) is 17.8. The number of aromatic nitrogens is 2. The van der Waals surface area contributed by atoms with Gasteiger partial charge in [-0.05, 0) is 79.4 Å². The SMILES string of the molecule is c1ccc(CCCNCc2cc(Nc3ccc(NCCc4c[nH]c5ccccc45)cc3)ccn2)cc1. The molecule has 2 heterocycles. The summed E-state index contributed by atoms with van der Waals surface area (Å²) >= 11 is 0. The standard InChI is InChI=1S/C31H33N5/c1-2-7-24(8-3-1)9-6-18-32-23-29-21-28(17-20-34-29)36-27-14-12-26(13-15-27)33-19-16-25-22-35-31-11-5-4-10-30(25)31/h1-5,7-8,10-15,17,20-22,32-33,35H,6,9,16,18-19,23H2,(H,34,36). The predicted octanol–water partition coefficient (Wildman–Crippen LogP) is 6.68. The average Bonchev–Trinajstić information content (AvgIpc) is 3.33. The van der Waals surface area contributed by atoms with Crippen LogP contribution >= 0.6 is 0 Å². The number of anilines is 3. The largest absolute Gasteiger partial charge is 0.385 e. The third-order valence-corrected chi connectivity index (χ3v) is 6.36. The van der Waals surface area contributed by atoms with Gasteiger partial charge in [0.2, 0.25) is 0 Å². The molecule has 0 saturated carbocycles. The van der Waals surface area contributed by atoms with Gasteiger partial charge in [0.15, 0.2) is 0 Å². The fourth-order valence-electron chi connectivity index (χ4n) is 4.45.